The van der Waals surface area contributed by atoms with Gasteiger partial charge in [0.25, 0.3) is 0 Å². The van der Waals surface area contributed by atoms with Crippen LogP contribution in [0.4, 0.5) is 10.3 Å². The summed E-state index contributed by atoms with van der Waals surface area (Å²) < 4.78 is 19.2. The van der Waals surface area contributed by atoms with Gasteiger partial charge in [0.15, 0.2) is 0 Å². The highest BCUT2D eigenvalue weighted by molar-refractivity contribution is 9.10. The van der Waals surface area contributed by atoms with Gasteiger partial charge in [-0.25, -0.2) is 9.37 Å². The molecule has 100 valence electrons. The highest BCUT2D eigenvalue weighted by Gasteiger charge is 2.07. The van der Waals surface area contributed by atoms with Crippen molar-refractivity contribution in [2.24, 2.45) is 0 Å². The molecule has 0 saturated heterocycles. The van der Waals surface area contributed by atoms with Gasteiger partial charge < -0.3 is 10.1 Å². The Hall–Kier alpha value is -1.69. The third-order valence-corrected chi connectivity index (χ3v) is 2.89. The van der Waals surface area contributed by atoms with Crippen molar-refractivity contribution >= 4 is 21.9 Å². The van der Waals surface area contributed by atoms with Crippen LogP contribution < -0.4 is 10.1 Å². The Morgan fingerprint density at radius 2 is 2.11 bits per heavy atom. The molecule has 6 heteroatoms. The Morgan fingerprint density at radius 3 is 2.79 bits per heavy atom. The third kappa shape index (κ3) is 3.64. The zero-order valence-corrected chi connectivity index (χ0v) is 12.2. The number of ether oxygens (including phenoxy) is 1. The summed E-state index contributed by atoms with van der Waals surface area (Å²) in [6.07, 6.45) is 0. The normalized spacial score (nSPS) is 10.3. The van der Waals surface area contributed by atoms with E-state index in [4.69, 9.17) is 4.74 Å². The van der Waals surface area contributed by atoms with E-state index in [0.29, 0.717) is 22.1 Å². The van der Waals surface area contributed by atoms with Crippen molar-refractivity contribution < 1.29 is 9.13 Å². The number of aromatic nitrogens is 2. The van der Waals surface area contributed by atoms with E-state index in [-0.39, 0.29) is 5.82 Å². The van der Waals surface area contributed by atoms with Gasteiger partial charge in [0.05, 0.1) is 4.47 Å². The number of hydrogen-bond donors (Lipinski definition) is 1. The van der Waals surface area contributed by atoms with E-state index in [9.17, 15) is 4.39 Å². The average Bonchev–Trinajstić information content (AvgIpc) is 2.32. The van der Waals surface area contributed by atoms with Gasteiger partial charge in [-0.3, -0.25) is 0 Å². The molecule has 1 heterocycles. The van der Waals surface area contributed by atoms with E-state index < -0.39 is 0 Å². The first kappa shape index (κ1) is 13.7. The van der Waals surface area contributed by atoms with Crippen molar-refractivity contribution in [1.82, 2.24) is 9.97 Å². The molecule has 0 bridgehead atoms. The molecule has 0 saturated carbocycles. The fraction of sp³-hybridized carbons (Fsp3) is 0.231. The van der Waals surface area contributed by atoms with E-state index in [0.717, 1.165) is 12.2 Å². The average molecular weight is 326 g/mol. The quantitative estimate of drug-likeness (QED) is 0.925. The molecular weight excluding hydrogens is 313 g/mol. The molecule has 0 unspecified atom stereocenters. The minimum Gasteiger partial charge on any atom is -0.438 e. The van der Waals surface area contributed by atoms with Crippen LogP contribution in [0.1, 0.15) is 12.6 Å². The van der Waals surface area contributed by atoms with Crippen molar-refractivity contribution in [2.45, 2.75) is 13.8 Å². The van der Waals surface area contributed by atoms with Crippen LogP contribution in [0.3, 0.4) is 0 Å². The molecular formula is C13H13BrFN3O. The van der Waals surface area contributed by atoms with Crippen molar-refractivity contribution in [1.29, 1.82) is 0 Å². The monoisotopic (exact) mass is 325 g/mol. The number of nitrogens with zero attached hydrogens (tertiary/aromatic N) is 2. The molecule has 0 fully saturated rings. The number of anilines is 1. The molecule has 2 aromatic rings. The molecule has 0 aliphatic rings. The second kappa shape index (κ2) is 5.97. The Bertz CT molecular complexity index is 592. The zero-order chi connectivity index (χ0) is 13.8. The molecule has 0 spiro atoms. The number of benzene rings is 1. The number of rotatable bonds is 4. The number of aryl methyl sites for hydroxylation is 1. The second-order valence-corrected chi connectivity index (χ2v) is 4.73. The standard InChI is InChI=1S/C13H13BrFN3O/c1-3-16-13-17-8(2)6-12(18-13)19-11-5-4-9(15)7-10(11)14/h4-7H,3H2,1-2H3,(H,16,17,18). The van der Waals surface area contributed by atoms with Gasteiger partial charge in [-0.1, -0.05) is 0 Å². The fourth-order valence-electron chi connectivity index (χ4n) is 1.50. The van der Waals surface area contributed by atoms with Gasteiger partial charge in [-0.2, -0.15) is 4.98 Å². The summed E-state index contributed by atoms with van der Waals surface area (Å²) >= 11 is 3.25. The van der Waals surface area contributed by atoms with Gasteiger partial charge in [0.1, 0.15) is 11.6 Å². The molecule has 0 atom stereocenters. The largest absolute Gasteiger partial charge is 0.438 e. The zero-order valence-electron chi connectivity index (χ0n) is 10.6. The Balaban J connectivity index is 2.27. The van der Waals surface area contributed by atoms with Gasteiger partial charge >= 0.3 is 0 Å². The minimum atomic E-state index is -0.327. The van der Waals surface area contributed by atoms with Gasteiger partial charge in [0, 0.05) is 18.3 Å². The third-order valence-electron chi connectivity index (χ3n) is 2.27. The van der Waals surface area contributed by atoms with E-state index in [1.165, 1.54) is 12.1 Å². The maximum absolute atomic E-state index is 13.0. The lowest BCUT2D eigenvalue weighted by Crippen LogP contribution is -2.04. The second-order valence-electron chi connectivity index (χ2n) is 3.88. The van der Waals surface area contributed by atoms with Crippen LogP contribution in [-0.2, 0) is 0 Å². The molecule has 0 aliphatic carbocycles. The lowest BCUT2D eigenvalue weighted by atomic mass is 10.3. The summed E-state index contributed by atoms with van der Waals surface area (Å²) in [5.41, 5.74) is 0.791. The summed E-state index contributed by atoms with van der Waals surface area (Å²) in [5, 5.41) is 3.02. The van der Waals surface area contributed by atoms with Gasteiger partial charge in [-0.15, -0.1) is 0 Å². The summed E-state index contributed by atoms with van der Waals surface area (Å²) in [7, 11) is 0. The topological polar surface area (TPSA) is 47.0 Å². The summed E-state index contributed by atoms with van der Waals surface area (Å²) in [6.45, 7) is 4.54. The first-order valence-electron chi connectivity index (χ1n) is 5.81. The predicted octanol–water partition coefficient (Wildman–Crippen LogP) is 3.91. The Labute approximate surface area is 119 Å². The van der Waals surface area contributed by atoms with E-state index in [1.807, 2.05) is 13.8 Å². The molecule has 0 radical (unpaired) electrons. The summed E-state index contributed by atoms with van der Waals surface area (Å²) in [6, 6.07) is 5.94. The molecule has 0 aliphatic heterocycles. The van der Waals surface area contributed by atoms with Crippen molar-refractivity contribution in [2.75, 3.05) is 11.9 Å². The number of halogens is 2. The van der Waals surface area contributed by atoms with Crippen LogP contribution in [0, 0.1) is 12.7 Å². The lowest BCUT2D eigenvalue weighted by Gasteiger charge is -2.09. The van der Waals surface area contributed by atoms with Crippen LogP contribution in [0.15, 0.2) is 28.7 Å². The van der Waals surface area contributed by atoms with Crippen molar-refractivity contribution in [3.63, 3.8) is 0 Å². The van der Waals surface area contributed by atoms with Crippen LogP contribution in [-0.4, -0.2) is 16.5 Å². The smallest absolute Gasteiger partial charge is 0.226 e. The molecule has 4 nitrogen and oxygen atoms in total. The fourth-order valence-corrected chi connectivity index (χ4v) is 1.93. The molecule has 1 N–H and O–H groups in total. The maximum Gasteiger partial charge on any atom is 0.226 e. The SMILES string of the molecule is CCNc1nc(C)cc(Oc2ccc(F)cc2Br)n1. The summed E-state index contributed by atoms with van der Waals surface area (Å²) in [5.74, 6) is 1.10. The Morgan fingerprint density at radius 1 is 1.32 bits per heavy atom. The number of nitrogens with one attached hydrogen (secondary N) is 1. The van der Waals surface area contributed by atoms with Crippen LogP contribution in [0.2, 0.25) is 0 Å². The molecule has 1 aromatic heterocycles. The van der Waals surface area contributed by atoms with Gasteiger partial charge in [0.2, 0.25) is 11.8 Å². The van der Waals surface area contributed by atoms with E-state index in [1.54, 1.807) is 12.1 Å². The Kier molecular flexibility index (Phi) is 4.31. The van der Waals surface area contributed by atoms with Crippen molar-refractivity contribution in [3.8, 4) is 11.6 Å². The molecule has 2 rings (SSSR count). The highest BCUT2D eigenvalue weighted by Crippen LogP contribution is 2.29. The van der Waals surface area contributed by atoms with Crippen LogP contribution >= 0.6 is 15.9 Å². The molecule has 19 heavy (non-hydrogen) atoms. The van der Waals surface area contributed by atoms with Crippen molar-refractivity contribution in [3.05, 3.63) is 40.2 Å². The predicted molar refractivity (Wildman–Crippen MR) is 75.1 cm³/mol. The minimum absolute atomic E-state index is 0.327. The van der Waals surface area contributed by atoms with Crippen LogP contribution in [0.25, 0.3) is 0 Å². The highest BCUT2D eigenvalue weighted by atomic mass is 79.9. The van der Waals surface area contributed by atoms with E-state index in [2.05, 4.69) is 31.2 Å². The first-order chi connectivity index (χ1) is 9.08. The van der Waals surface area contributed by atoms with Gasteiger partial charge in [-0.05, 0) is 48.0 Å². The first-order valence-corrected chi connectivity index (χ1v) is 6.60. The van der Waals surface area contributed by atoms with E-state index >= 15 is 0 Å². The van der Waals surface area contributed by atoms with Crippen LogP contribution in [0.5, 0.6) is 11.6 Å². The molecule has 1 aromatic carbocycles. The lowest BCUT2D eigenvalue weighted by molar-refractivity contribution is 0.457. The molecule has 0 amide bonds. The summed E-state index contributed by atoms with van der Waals surface area (Å²) in [4.78, 5) is 8.45. The number of hydrogen-bond acceptors (Lipinski definition) is 4. The maximum atomic E-state index is 13.0.